The number of hydrogen-bond donors (Lipinski definition) is 2. The van der Waals surface area contributed by atoms with Gasteiger partial charge in [-0.2, -0.15) is 0 Å². The van der Waals surface area contributed by atoms with E-state index in [0.717, 1.165) is 6.42 Å². The van der Waals surface area contributed by atoms with E-state index in [9.17, 15) is 4.79 Å². The third-order valence-corrected chi connectivity index (χ3v) is 2.18. The zero-order chi connectivity index (χ0) is 11.3. The second-order valence-electron chi connectivity index (χ2n) is 3.61. The summed E-state index contributed by atoms with van der Waals surface area (Å²) in [6.45, 7) is 4.00. The fourth-order valence-electron chi connectivity index (χ4n) is 1.23. The van der Waals surface area contributed by atoms with Crippen molar-refractivity contribution in [3.63, 3.8) is 0 Å². The molecule has 0 aliphatic heterocycles. The number of aliphatic hydroxyl groups excluding tert-OH is 1. The first-order valence-electron chi connectivity index (χ1n) is 5.18. The van der Waals surface area contributed by atoms with Crippen LogP contribution in [0.1, 0.15) is 29.8 Å². The molecule has 2 N–H and O–H groups in total. The van der Waals surface area contributed by atoms with E-state index in [2.05, 4.69) is 12.2 Å². The molecular formula is C12H17NO2. The lowest BCUT2D eigenvalue weighted by Gasteiger charge is -2.07. The Labute approximate surface area is 90.1 Å². The van der Waals surface area contributed by atoms with Crippen molar-refractivity contribution in [3.8, 4) is 0 Å². The molecule has 82 valence electrons. The molecule has 1 amide bonds. The highest BCUT2D eigenvalue weighted by atomic mass is 16.3. The molecule has 1 atom stereocenters. The summed E-state index contributed by atoms with van der Waals surface area (Å²) in [7, 11) is 0. The molecule has 0 heterocycles. The largest absolute Gasteiger partial charge is 0.392 e. The molecule has 0 saturated carbocycles. The molecule has 0 radical (unpaired) electrons. The Morgan fingerprint density at radius 2 is 2.00 bits per heavy atom. The van der Waals surface area contributed by atoms with E-state index >= 15 is 0 Å². The van der Waals surface area contributed by atoms with Gasteiger partial charge in [-0.1, -0.05) is 19.1 Å². The van der Waals surface area contributed by atoms with Crippen LogP contribution in [-0.2, 0) is 6.42 Å². The molecule has 0 spiro atoms. The van der Waals surface area contributed by atoms with E-state index < -0.39 is 6.10 Å². The molecule has 0 aliphatic rings. The highest BCUT2D eigenvalue weighted by Gasteiger charge is 2.05. The summed E-state index contributed by atoms with van der Waals surface area (Å²) >= 11 is 0. The fraction of sp³-hybridized carbons (Fsp3) is 0.417. The smallest absolute Gasteiger partial charge is 0.251 e. The Morgan fingerprint density at radius 3 is 2.47 bits per heavy atom. The maximum absolute atomic E-state index is 11.5. The van der Waals surface area contributed by atoms with Crippen LogP contribution in [0.15, 0.2) is 24.3 Å². The predicted molar refractivity (Wildman–Crippen MR) is 59.8 cm³/mol. The number of aliphatic hydroxyl groups is 1. The molecule has 1 rings (SSSR count). The molecule has 0 unspecified atom stereocenters. The number of amides is 1. The molecule has 3 heteroatoms. The van der Waals surface area contributed by atoms with Crippen molar-refractivity contribution in [1.29, 1.82) is 0 Å². The Hall–Kier alpha value is -1.35. The summed E-state index contributed by atoms with van der Waals surface area (Å²) in [6, 6.07) is 7.49. The maximum Gasteiger partial charge on any atom is 0.251 e. The Morgan fingerprint density at radius 1 is 1.40 bits per heavy atom. The van der Waals surface area contributed by atoms with Gasteiger partial charge in [-0.05, 0) is 31.0 Å². The van der Waals surface area contributed by atoms with E-state index in [1.165, 1.54) is 5.56 Å². The summed E-state index contributed by atoms with van der Waals surface area (Å²) < 4.78 is 0. The van der Waals surface area contributed by atoms with E-state index in [1.807, 2.05) is 12.1 Å². The highest BCUT2D eigenvalue weighted by molar-refractivity contribution is 5.94. The first-order valence-corrected chi connectivity index (χ1v) is 5.18. The Balaban J connectivity index is 2.58. The van der Waals surface area contributed by atoms with Crippen LogP contribution < -0.4 is 5.32 Å². The van der Waals surface area contributed by atoms with Crippen LogP contribution in [0.25, 0.3) is 0 Å². The van der Waals surface area contributed by atoms with Gasteiger partial charge in [0.25, 0.3) is 5.91 Å². The van der Waals surface area contributed by atoms with Crippen molar-refractivity contribution in [2.45, 2.75) is 26.4 Å². The van der Waals surface area contributed by atoms with Crippen LogP contribution in [0.5, 0.6) is 0 Å². The maximum atomic E-state index is 11.5. The van der Waals surface area contributed by atoms with Gasteiger partial charge < -0.3 is 10.4 Å². The Bertz CT molecular complexity index is 317. The van der Waals surface area contributed by atoms with Gasteiger partial charge in [0.2, 0.25) is 0 Å². The van der Waals surface area contributed by atoms with Gasteiger partial charge in [0.1, 0.15) is 0 Å². The van der Waals surface area contributed by atoms with Gasteiger partial charge in [0.15, 0.2) is 0 Å². The highest BCUT2D eigenvalue weighted by Crippen LogP contribution is 2.04. The normalized spacial score (nSPS) is 12.2. The van der Waals surface area contributed by atoms with Crippen molar-refractivity contribution in [2.24, 2.45) is 0 Å². The minimum atomic E-state index is -0.510. The number of carbonyl (C=O) groups excluding carboxylic acids is 1. The van der Waals surface area contributed by atoms with E-state index in [-0.39, 0.29) is 12.5 Å². The lowest BCUT2D eigenvalue weighted by atomic mass is 10.1. The van der Waals surface area contributed by atoms with Crippen LogP contribution in [0.2, 0.25) is 0 Å². The molecule has 1 aromatic rings. The SMILES string of the molecule is CCc1ccc(C(=O)NC[C@H](C)O)cc1. The number of rotatable bonds is 4. The van der Waals surface area contributed by atoms with Gasteiger partial charge in [0, 0.05) is 12.1 Å². The average Bonchev–Trinajstić information content (AvgIpc) is 2.26. The zero-order valence-electron chi connectivity index (χ0n) is 9.16. The third-order valence-electron chi connectivity index (χ3n) is 2.18. The molecule has 0 aromatic heterocycles. The van der Waals surface area contributed by atoms with Crippen molar-refractivity contribution in [1.82, 2.24) is 5.32 Å². The fourth-order valence-corrected chi connectivity index (χ4v) is 1.23. The van der Waals surface area contributed by atoms with Gasteiger partial charge in [-0.15, -0.1) is 0 Å². The first-order chi connectivity index (χ1) is 7.13. The monoisotopic (exact) mass is 207 g/mol. The second-order valence-corrected chi connectivity index (χ2v) is 3.61. The topological polar surface area (TPSA) is 49.3 Å². The summed E-state index contributed by atoms with van der Waals surface area (Å²) in [6.07, 6.45) is 0.458. The lowest BCUT2D eigenvalue weighted by molar-refractivity contribution is 0.0924. The molecule has 0 fully saturated rings. The number of nitrogens with one attached hydrogen (secondary N) is 1. The number of hydrogen-bond acceptors (Lipinski definition) is 2. The summed E-state index contributed by atoms with van der Waals surface area (Å²) in [5.74, 6) is -0.140. The Kier molecular flexibility index (Phi) is 4.31. The molecule has 0 saturated heterocycles. The van der Waals surface area contributed by atoms with Crippen molar-refractivity contribution >= 4 is 5.91 Å². The van der Waals surface area contributed by atoms with Gasteiger partial charge in [0.05, 0.1) is 6.10 Å². The van der Waals surface area contributed by atoms with Crippen LogP contribution in [0, 0.1) is 0 Å². The molecular weight excluding hydrogens is 190 g/mol. The first kappa shape index (κ1) is 11.7. The van der Waals surface area contributed by atoms with Crippen molar-refractivity contribution in [2.75, 3.05) is 6.54 Å². The van der Waals surface area contributed by atoms with Gasteiger partial charge in [-0.25, -0.2) is 0 Å². The van der Waals surface area contributed by atoms with Crippen molar-refractivity contribution < 1.29 is 9.90 Å². The molecule has 3 nitrogen and oxygen atoms in total. The lowest BCUT2D eigenvalue weighted by Crippen LogP contribution is -2.30. The van der Waals surface area contributed by atoms with Crippen LogP contribution in [-0.4, -0.2) is 23.7 Å². The molecule has 0 aliphatic carbocycles. The summed E-state index contributed by atoms with van der Waals surface area (Å²) in [5.41, 5.74) is 1.84. The third kappa shape index (κ3) is 3.72. The zero-order valence-corrected chi connectivity index (χ0v) is 9.16. The van der Waals surface area contributed by atoms with Gasteiger partial charge >= 0.3 is 0 Å². The summed E-state index contributed by atoms with van der Waals surface area (Å²) in [4.78, 5) is 11.5. The molecule has 15 heavy (non-hydrogen) atoms. The second kappa shape index (κ2) is 5.51. The number of benzene rings is 1. The number of carbonyl (C=O) groups is 1. The van der Waals surface area contributed by atoms with E-state index in [1.54, 1.807) is 19.1 Å². The van der Waals surface area contributed by atoms with Crippen LogP contribution in [0.4, 0.5) is 0 Å². The molecule has 1 aromatic carbocycles. The average molecular weight is 207 g/mol. The predicted octanol–water partition coefficient (Wildman–Crippen LogP) is 1.36. The number of aryl methyl sites for hydroxylation is 1. The van der Waals surface area contributed by atoms with Crippen molar-refractivity contribution in [3.05, 3.63) is 35.4 Å². The summed E-state index contributed by atoms with van der Waals surface area (Å²) in [5, 5.41) is 11.7. The standard InChI is InChI=1S/C12H17NO2/c1-3-10-4-6-11(7-5-10)12(15)13-8-9(2)14/h4-7,9,14H,3,8H2,1-2H3,(H,13,15)/t9-/m0/s1. The minimum absolute atomic E-state index is 0.140. The molecule has 0 bridgehead atoms. The van der Waals surface area contributed by atoms with E-state index in [4.69, 9.17) is 5.11 Å². The van der Waals surface area contributed by atoms with Crippen LogP contribution in [0.3, 0.4) is 0 Å². The quantitative estimate of drug-likeness (QED) is 0.783. The van der Waals surface area contributed by atoms with E-state index in [0.29, 0.717) is 5.56 Å². The van der Waals surface area contributed by atoms with Crippen LogP contribution >= 0.6 is 0 Å². The minimum Gasteiger partial charge on any atom is -0.392 e. The van der Waals surface area contributed by atoms with Gasteiger partial charge in [-0.3, -0.25) is 4.79 Å².